The number of amides is 2. The fourth-order valence-electron chi connectivity index (χ4n) is 6.22. The number of piperidine rings is 1. The van der Waals surface area contributed by atoms with Crippen molar-refractivity contribution >= 4 is 63.6 Å². The molecule has 1 aliphatic carbocycles. The van der Waals surface area contributed by atoms with Crippen molar-refractivity contribution in [3.63, 3.8) is 0 Å². The topological polar surface area (TPSA) is 113 Å². The average molecular weight is 767 g/mol. The molecule has 10 nitrogen and oxygen atoms in total. The zero-order chi connectivity index (χ0) is 37.5. The zero-order valence-electron chi connectivity index (χ0n) is 28.4. The van der Waals surface area contributed by atoms with E-state index >= 15 is 0 Å². The number of ether oxygens (including phenoxy) is 1. The number of carbonyl (C=O) groups excluding carboxylic acids is 2. The van der Waals surface area contributed by atoms with Crippen LogP contribution in [0, 0.1) is 11.3 Å². The molecule has 2 amide bonds. The minimum absolute atomic E-state index is 0.00439. The SMILES string of the molecule is Cn1c(Nc2c(Cl)ccc(CNC(=O)C(C)(C)C)c2Cl)nc2cc(C(=O)NC3CCC(OC(F)(F)F)CC3)c(N3CCC(C(F)(F)F)CC3)nc21. The summed E-state index contributed by atoms with van der Waals surface area (Å²) in [5, 5.41) is 9.33. The molecule has 280 valence electrons. The van der Waals surface area contributed by atoms with Gasteiger partial charge in [0.1, 0.15) is 11.3 Å². The van der Waals surface area contributed by atoms with E-state index in [1.165, 1.54) is 6.07 Å². The lowest BCUT2D eigenvalue weighted by Crippen LogP contribution is -2.42. The fraction of sp³-hybridized carbons (Fsp3) is 0.576. The average Bonchev–Trinajstić information content (AvgIpc) is 3.35. The van der Waals surface area contributed by atoms with Crippen molar-refractivity contribution in [2.24, 2.45) is 18.4 Å². The molecule has 2 aliphatic rings. The van der Waals surface area contributed by atoms with Gasteiger partial charge in [0.2, 0.25) is 11.9 Å². The highest BCUT2D eigenvalue weighted by molar-refractivity contribution is 6.39. The molecule has 3 heterocycles. The van der Waals surface area contributed by atoms with Crippen LogP contribution in [0.3, 0.4) is 0 Å². The minimum Gasteiger partial charge on any atom is -0.356 e. The standard InChI is InChI=1S/C33H39Cl2F6N7O3/c1-31(2,3)29(50)42-16-17-5-10-22(34)25(24(17)35)45-30-44-23-15-21(28(49)43-19-6-8-20(9-7-19)51-33(39,40)41)26(46-27(23)47(30)4)48-13-11-18(12-14-48)32(36,37)38/h5,10,15,18-20H,6-9,11-14,16H2,1-4H3,(H,42,50)(H,43,49)(H,44,45). The molecule has 51 heavy (non-hydrogen) atoms. The van der Waals surface area contributed by atoms with Crippen molar-refractivity contribution in [1.82, 2.24) is 25.2 Å². The van der Waals surface area contributed by atoms with E-state index in [9.17, 15) is 35.9 Å². The predicted molar refractivity (Wildman–Crippen MR) is 181 cm³/mol. The third-order valence-corrected chi connectivity index (χ3v) is 9.91. The molecule has 0 spiro atoms. The Labute approximate surface area is 300 Å². The number of carbonyl (C=O) groups is 2. The van der Waals surface area contributed by atoms with Crippen LogP contribution in [0.1, 0.15) is 75.2 Å². The molecular formula is C33H39Cl2F6N7O3. The molecule has 3 aromatic rings. The number of anilines is 3. The minimum atomic E-state index is -4.75. The van der Waals surface area contributed by atoms with Gasteiger partial charge >= 0.3 is 12.5 Å². The Bertz CT molecular complexity index is 1760. The number of rotatable bonds is 8. The molecule has 1 saturated carbocycles. The number of fused-ring (bicyclic) bond motifs is 1. The second-order valence-electron chi connectivity index (χ2n) is 14.0. The summed E-state index contributed by atoms with van der Waals surface area (Å²) in [6.45, 7) is 5.48. The van der Waals surface area contributed by atoms with Crippen molar-refractivity contribution in [1.29, 1.82) is 0 Å². The smallest absolute Gasteiger partial charge is 0.356 e. The van der Waals surface area contributed by atoms with Crippen LogP contribution in [0.15, 0.2) is 18.2 Å². The number of nitrogens with one attached hydrogen (secondary N) is 3. The Morgan fingerprint density at radius 3 is 2.20 bits per heavy atom. The van der Waals surface area contributed by atoms with Gasteiger partial charge < -0.3 is 20.9 Å². The number of nitrogens with zero attached hydrogens (tertiary/aromatic N) is 4. The highest BCUT2D eigenvalue weighted by Crippen LogP contribution is 2.39. The summed E-state index contributed by atoms with van der Waals surface area (Å²) in [7, 11) is 1.65. The Balaban J connectivity index is 1.43. The van der Waals surface area contributed by atoms with Crippen molar-refractivity contribution in [3.8, 4) is 0 Å². The second-order valence-corrected chi connectivity index (χ2v) is 14.7. The molecule has 1 saturated heterocycles. The van der Waals surface area contributed by atoms with Crippen LogP contribution in [0.4, 0.5) is 43.8 Å². The Morgan fingerprint density at radius 2 is 1.61 bits per heavy atom. The molecule has 18 heteroatoms. The van der Waals surface area contributed by atoms with Gasteiger partial charge in [-0.25, -0.2) is 9.97 Å². The van der Waals surface area contributed by atoms with Crippen LogP contribution < -0.4 is 20.9 Å². The summed E-state index contributed by atoms with van der Waals surface area (Å²) >= 11 is 13.2. The second kappa shape index (κ2) is 14.9. The summed E-state index contributed by atoms with van der Waals surface area (Å²) in [5.74, 6) is -1.83. The Kier molecular flexibility index (Phi) is 11.3. The molecule has 1 aliphatic heterocycles. The molecule has 3 N–H and O–H groups in total. The van der Waals surface area contributed by atoms with E-state index in [0.717, 1.165) is 0 Å². The number of alkyl halides is 6. The molecule has 2 aromatic heterocycles. The maximum Gasteiger partial charge on any atom is 0.522 e. The molecule has 5 rings (SSSR count). The molecule has 0 bridgehead atoms. The lowest BCUT2D eigenvalue weighted by molar-refractivity contribution is -0.345. The van der Waals surface area contributed by atoms with Crippen LogP contribution in [0.25, 0.3) is 11.2 Å². The summed E-state index contributed by atoms with van der Waals surface area (Å²) in [5.41, 5.74) is 0.930. The maximum atomic E-state index is 13.8. The number of hydrogen-bond donors (Lipinski definition) is 3. The summed E-state index contributed by atoms with van der Waals surface area (Å²) in [6.07, 6.45) is -9.82. The van der Waals surface area contributed by atoms with Gasteiger partial charge in [0.25, 0.3) is 5.91 Å². The third-order valence-electron chi connectivity index (χ3n) is 9.16. The van der Waals surface area contributed by atoms with Gasteiger partial charge in [-0.3, -0.25) is 18.9 Å². The first-order valence-electron chi connectivity index (χ1n) is 16.5. The molecule has 0 radical (unpaired) electrons. The van der Waals surface area contributed by atoms with E-state index in [0.29, 0.717) is 16.9 Å². The summed E-state index contributed by atoms with van der Waals surface area (Å²) < 4.78 is 84.3. The number of hydrogen-bond acceptors (Lipinski definition) is 7. The van der Waals surface area contributed by atoms with Crippen LogP contribution in [-0.4, -0.2) is 64.1 Å². The van der Waals surface area contributed by atoms with Crippen molar-refractivity contribution in [2.45, 2.75) is 90.5 Å². The first-order chi connectivity index (χ1) is 23.7. The van der Waals surface area contributed by atoms with E-state index in [1.54, 1.807) is 49.4 Å². The van der Waals surface area contributed by atoms with Crippen molar-refractivity contribution in [2.75, 3.05) is 23.3 Å². The van der Waals surface area contributed by atoms with Gasteiger partial charge in [-0.15, -0.1) is 13.2 Å². The lowest BCUT2D eigenvalue weighted by Gasteiger charge is -2.34. The monoisotopic (exact) mass is 765 g/mol. The van der Waals surface area contributed by atoms with Crippen molar-refractivity contribution < 1.29 is 40.7 Å². The molecular weight excluding hydrogens is 727 g/mol. The Morgan fingerprint density at radius 1 is 0.961 bits per heavy atom. The van der Waals surface area contributed by atoms with Gasteiger partial charge in [-0.1, -0.05) is 50.0 Å². The maximum absolute atomic E-state index is 13.8. The largest absolute Gasteiger partial charge is 0.522 e. The van der Waals surface area contributed by atoms with E-state index in [4.69, 9.17) is 28.2 Å². The lowest BCUT2D eigenvalue weighted by atomic mass is 9.92. The number of aryl methyl sites for hydroxylation is 1. The van der Waals surface area contributed by atoms with Gasteiger partial charge in [0.05, 0.1) is 33.3 Å². The quantitative estimate of drug-likeness (QED) is 0.199. The normalized spacial score (nSPS) is 19.3. The number of aromatic nitrogens is 3. The Hall–Kier alpha value is -3.50. The van der Waals surface area contributed by atoms with Gasteiger partial charge in [0, 0.05) is 38.1 Å². The van der Waals surface area contributed by atoms with Crippen LogP contribution >= 0.6 is 23.2 Å². The molecule has 0 atom stereocenters. The predicted octanol–water partition coefficient (Wildman–Crippen LogP) is 8.04. The van der Waals surface area contributed by atoms with Gasteiger partial charge in [-0.05, 0) is 56.2 Å². The number of imidazole rings is 1. The first-order valence-corrected chi connectivity index (χ1v) is 17.2. The third kappa shape index (κ3) is 9.30. The first kappa shape index (κ1) is 38.7. The number of pyridine rings is 1. The van der Waals surface area contributed by atoms with Gasteiger partial charge in [0.15, 0.2) is 5.65 Å². The fourth-order valence-corrected chi connectivity index (χ4v) is 6.75. The van der Waals surface area contributed by atoms with E-state index in [1.807, 2.05) is 0 Å². The number of halogens is 8. The van der Waals surface area contributed by atoms with E-state index < -0.39 is 41.9 Å². The van der Waals surface area contributed by atoms with Crippen LogP contribution in [0.2, 0.25) is 10.0 Å². The van der Waals surface area contributed by atoms with Crippen molar-refractivity contribution in [3.05, 3.63) is 39.4 Å². The highest BCUT2D eigenvalue weighted by Gasteiger charge is 2.42. The van der Waals surface area contributed by atoms with Crippen LogP contribution in [0.5, 0.6) is 0 Å². The van der Waals surface area contributed by atoms with E-state index in [2.05, 4.69) is 25.7 Å². The molecule has 0 unspecified atom stereocenters. The molecule has 2 fully saturated rings. The summed E-state index contributed by atoms with van der Waals surface area (Å²) in [4.78, 5) is 37.2. The molecule has 1 aromatic carbocycles. The highest BCUT2D eigenvalue weighted by atomic mass is 35.5. The zero-order valence-corrected chi connectivity index (χ0v) is 29.9. The van der Waals surface area contributed by atoms with E-state index in [-0.39, 0.29) is 97.0 Å². The number of benzene rings is 1. The van der Waals surface area contributed by atoms with Gasteiger partial charge in [-0.2, -0.15) is 13.2 Å². The van der Waals surface area contributed by atoms with Crippen LogP contribution in [-0.2, 0) is 23.1 Å². The summed E-state index contributed by atoms with van der Waals surface area (Å²) in [6, 6.07) is 4.34.